The Bertz CT molecular complexity index is 396. The van der Waals surface area contributed by atoms with E-state index in [0.717, 1.165) is 36.1 Å². The van der Waals surface area contributed by atoms with Crippen LogP contribution in [0.25, 0.3) is 0 Å². The molecule has 1 nitrogen and oxygen atoms in total. The van der Waals surface area contributed by atoms with Gasteiger partial charge in [-0.15, -0.1) is 11.3 Å². The van der Waals surface area contributed by atoms with Crippen LogP contribution in [0.4, 0.5) is 0 Å². The van der Waals surface area contributed by atoms with E-state index < -0.39 is 0 Å². The number of rotatable bonds is 4. The van der Waals surface area contributed by atoms with E-state index in [4.69, 9.17) is 0 Å². The second-order valence-electron chi connectivity index (χ2n) is 7.26. The molecular weight excluding hydrogens is 250 g/mol. The standard InChI is InChI=1S/C17H25NS/c1-11(18-10-16-3-2-4-19-16)17-14-6-12-5-13(8-14)9-15(17)7-12/h2-4,11-15,17-18H,5-10H2,1H3. The van der Waals surface area contributed by atoms with Crippen molar-refractivity contribution in [2.45, 2.75) is 51.6 Å². The average molecular weight is 275 g/mol. The maximum atomic E-state index is 3.82. The van der Waals surface area contributed by atoms with Crippen LogP contribution in [0.1, 0.15) is 43.9 Å². The lowest BCUT2D eigenvalue weighted by molar-refractivity contribution is -0.0494. The normalized spacial score (nSPS) is 41.6. The Hall–Kier alpha value is -0.340. The molecule has 1 aromatic heterocycles. The van der Waals surface area contributed by atoms with Gasteiger partial charge in [-0.2, -0.15) is 0 Å². The maximum Gasteiger partial charge on any atom is 0.0302 e. The summed E-state index contributed by atoms with van der Waals surface area (Å²) in [6.45, 7) is 3.52. The SMILES string of the molecule is CC(NCc1cccs1)C1C2CC3CC(C2)CC1C3. The van der Waals surface area contributed by atoms with Crippen LogP contribution in [0, 0.1) is 29.6 Å². The van der Waals surface area contributed by atoms with Crippen LogP contribution in [0.5, 0.6) is 0 Å². The minimum atomic E-state index is 0.706. The van der Waals surface area contributed by atoms with Gasteiger partial charge in [0.25, 0.3) is 0 Å². The Morgan fingerprint density at radius 1 is 1.16 bits per heavy atom. The van der Waals surface area contributed by atoms with Crippen LogP contribution in [0.15, 0.2) is 17.5 Å². The first-order chi connectivity index (χ1) is 9.29. The lowest BCUT2D eigenvalue weighted by Gasteiger charge is -2.56. The van der Waals surface area contributed by atoms with E-state index in [1.165, 1.54) is 4.88 Å². The lowest BCUT2D eigenvalue weighted by atomic mass is 9.50. The first-order valence-corrected chi connectivity index (χ1v) is 8.93. The van der Waals surface area contributed by atoms with Gasteiger partial charge in [0.1, 0.15) is 0 Å². The summed E-state index contributed by atoms with van der Waals surface area (Å²) >= 11 is 1.88. The molecule has 4 bridgehead atoms. The van der Waals surface area contributed by atoms with Gasteiger partial charge in [-0.05, 0) is 80.1 Å². The van der Waals surface area contributed by atoms with Crippen molar-refractivity contribution in [3.8, 4) is 0 Å². The van der Waals surface area contributed by atoms with E-state index in [2.05, 4.69) is 29.8 Å². The molecule has 0 amide bonds. The lowest BCUT2D eigenvalue weighted by Crippen LogP contribution is -2.51. The Labute approximate surface area is 120 Å². The summed E-state index contributed by atoms with van der Waals surface area (Å²) in [5, 5.41) is 6.01. The predicted molar refractivity (Wildman–Crippen MR) is 81.2 cm³/mol. The molecule has 0 aliphatic heterocycles. The van der Waals surface area contributed by atoms with E-state index in [0.29, 0.717) is 6.04 Å². The zero-order chi connectivity index (χ0) is 12.8. The third kappa shape index (κ3) is 2.27. The molecule has 0 spiro atoms. The van der Waals surface area contributed by atoms with Gasteiger partial charge >= 0.3 is 0 Å². The highest BCUT2D eigenvalue weighted by molar-refractivity contribution is 7.09. The van der Waals surface area contributed by atoms with Gasteiger partial charge in [-0.25, -0.2) is 0 Å². The predicted octanol–water partition coefficient (Wildman–Crippen LogP) is 4.30. The second kappa shape index (κ2) is 4.89. The second-order valence-corrected chi connectivity index (χ2v) is 8.29. The quantitative estimate of drug-likeness (QED) is 0.864. The third-order valence-corrected chi connectivity index (χ3v) is 6.93. The Kier molecular flexibility index (Phi) is 3.19. The third-order valence-electron chi connectivity index (χ3n) is 6.06. The number of nitrogens with one attached hydrogen (secondary N) is 1. The highest BCUT2D eigenvalue weighted by atomic mass is 32.1. The fourth-order valence-electron chi connectivity index (χ4n) is 5.59. The first-order valence-electron chi connectivity index (χ1n) is 8.05. The molecule has 1 N–H and O–H groups in total. The van der Waals surface area contributed by atoms with Gasteiger partial charge in [0, 0.05) is 17.5 Å². The van der Waals surface area contributed by atoms with E-state index in [-0.39, 0.29) is 0 Å². The van der Waals surface area contributed by atoms with Crippen molar-refractivity contribution in [3.63, 3.8) is 0 Å². The summed E-state index contributed by atoms with van der Waals surface area (Å²) < 4.78 is 0. The summed E-state index contributed by atoms with van der Waals surface area (Å²) in [5.74, 6) is 5.25. The molecule has 4 fully saturated rings. The minimum absolute atomic E-state index is 0.706. The summed E-state index contributed by atoms with van der Waals surface area (Å²) in [7, 11) is 0. The van der Waals surface area contributed by atoms with Crippen LogP contribution in [0.3, 0.4) is 0 Å². The van der Waals surface area contributed by atoms with Crippen LogP contribution in [-0.2, 0) is 6.54 Å². The Balaban J connectivity index is 1.41. The van der Waals surface area contributed by atoms with Crippen molar-refractivity contribution in [1.82, 2.24) is 5.32 Å². The molecule has 19 heavy (non-hydrogen) atoms. The smallest absolute Gasteiger partial charge is 0.0302 e. The van der Waals surface area contributed by atoms with Crippen LogP contribution < -0.4 is 5.32 Å². The maximum absolute atomic E-state index is 3.82. The van der Waals surface area contributed by atoms with Crippen LogP contribution >= 0.6 is 11.3 Å². The number of hydrogen-bond acceptors (Lipinski definition) is 2. The van der Waals surface area contributed by atoms with Crippen LogP contribution in [0.2, 0.25) is 0 Å². The average Bonchev–Trinajstić information content (AvgIpc) is 2.88. The molecule has 0 radical (unpaired) electrons. The zero-order valence-corrected chi connectivity index (χ0v) is 12.7. The topological polar surface area (TPSA) is 12.0 Å². The van der Waals surface area contributed by atoms with Crippen molar-refractivity contribution in [2.75, 3.05) is 0 Å². The highest BCUT2D eigenvalue weighted by Crippen LogP contribution is 2.57. The molecular formula is C17H25NS. The summed E-state index contributed by atoms with van der Waals surface area (Å²) in [4.78, 5) is 1.48. The molecule has 1 heterocycles. The van der Waals surface area contributed by atoms with Crippen molar-refractivity contribution in [2.24, 2.45) is 29.6 Å². The molecule has 4 aliphatic rings. The molecule has 1 atom stereocenters. The summed E-state index contributed by atoms with van der Waals surface area (Å²) in [6, 6.07) is 5.12. The summed E-state index contributed by atoms with van der Waals surface area (Å²) in [5.41, 5.74) is 0. The molecule has 4 saturated carbocycles. The molecule has 0 saturated heterocycles. The minimum Gasteiger partial charge on any atom is -0.309 e. The summed E-state index contributed by atoms with van der Waals surface area (Å²) in [6.07, 6.45) is 7.74. The molecule has 1 aromatic rings. The van der Waals surface area contributed by atoms with Gasteiger partial charge < -0.3 is 5.32 Å². The fourth-order valence-corrected chi connectivity index (χ4v) is 6.25. The van der Waals surface area contributed by atoms with Gasteiger partial charge in [-0.1, -0.05) is 6.07 Å². The van der Waals surface area contributed by atoms with Crippen molar-refractivity contribution >= 4 is 11.3 Å². The van der Waals surface area contributed by atoms with E-state index in [1.54, 1.807) is 32.1 Å². The molecule has 4 aliphatic carbocycles. The molecule has 0 aromatic carbocycles. The molecule has 104 valence electrons. The number of thiophene rings is 1. The monoisotopic (exact) mass is 275 g/mol. The van der Waals surface area contributed by atoms with E-state index >= 15 is 0 Å². The van der Waals surface area contributed by atoms with Gasteiger partial charge in [0.2, 0.25) is 0 Å². The fraction of sp³-hybridized carbons (Fsp3) is 0.765. The van der Waals surface area contributed by atoms with Crippen molar-refractivity contribution < 1.29 is 0 Å². The largest absolute Gasteiger partial charge is 0.309 e. The zero-order valence-electron chi connectivity index (χ0n) is 11.8. The molecule has 2 heteroatoms. The van der Waals surface area contributed by atoms with Gasteiger partial charge in [0.05, 0.1) is 0 Å². The van der Waals surface area contributed by atoms with Crippen molar-refractivity contribution in [3.05, 3.63) is 22.4 Å². The first kappa shape index (κ1) is 12.4. The van der Waals surface area contributed by atoms with E-state index in [1.807, 2.05) is 11.3 Å². The van der Waals surface area contributed by atoms with Crippen LogP contribution in [-0.4, -0.2) is 6.04 Å². The number of hydrogen-bond donors (Lipinski definition) is 1. The Morgan fingerprint density at radius 3 is 2.42 bits per heavy atom. The Morgan fingerprint density at radius 2 is 1.84 bits per heavy atom. The molecule has 5 rings (SSSR count). The van der Waals surface area contributed by atoms with Gasteiger partial charge in [-0.3, -0.25) is 0 Å². The van der Waals surface area contributed by atoms with Crippen molar-refractivity contribution in [1.29, 1.82) is 0 Å². The highest BCUT2D eigenvalue weighted by Gasteiger charge is 2.49. The van der Waals surface area contributed by atoms with E-state index in [9.17, 15) is 0 Å². The van der Waals surface area contributed by atoms with Gasteiger partial charge in [0.15, 0.2) is 0 Å². The molecule has 1 unspecified atom stereocenters.